The molecule has 3 nitrogen and oxygen atoms in total. The molecule has 30 heavy (non-hydrogen) atoms. The van der Waals surface area contributed by atoms with Crippen molar-refractivity contribution < 1.29 is 15.0 Å². The number of phenolic OH excluding ortho intramolecular Hbond substituents is 1. The lowest BCUT2D eigenvalue weighted by Gasteiger charge is -2.41. The van der Waals surface area contributed by atoms with Crippen LogP contribution < -0.4 is 0 Å². The topological polar surface area (TPSA) is 57.5 Å². The predicted molar refractivity (Wildman–Crippen MR) is 122 cm³/mol. The van der Waals surface area contributed by atoms with E-state index in [0.717, 1.165) is 53.1 Å². The van der Waals surface area contributed by atoms with Gasteiger partial charge in [0.25, 0.3) is 0 Å². The number of hydrogen-bond donors (Lipinski definition) is 2. The van der Waals surface area contributed by atoms with Gasteiger partial charge in [-0.2, -0.15) is 0 Å². The molecule has 1 aliphatic carbocycles. The number of rotatable bonds is 4. The third-order valence-corrected chi connectivity index (χ3v) is 6.63. The molecule has 3 heteroatoms. The quantitative estimate of drug-likeness (QED) is 0.467. The molecule has 2 atom stereocenters. The molecule has 1 saturated carbocycles. The molecule has 1 aliphatic rings. The van der Waals surface area contributed by atoms with E-state index in [9.17, 15) is 9.90 Å². The van der Waals surface area contributed by atoms with Gasteiger partial charge in [0.2, 0.25) is 0 Å². The molecule has 0 amide bonds. The number of hydrogen-bond acceptors (Lipinski definition) is 2. The van der Waals surface area contributed by atoms with Crippen LogP contribution in [-0.4, -0.2) is 16.2 Å². The van der Waals surface area contributed by atoms with Gasteiger partial charge >= 0.3 is 5.97 Å². The molecular weight excluding hydrogens is 372 g/mol. The number of benzene rings is 3. The third kappa shape index (κ3) is 3.60. The Morgan fingerprint density at radius 3 is 2.40 bits per heavy atom. The van der Waals surface area contributed by atoms with Crippen LogP contribution in [0.4, 0.5) is 0 Å². The van der Waals surface area contributed by atoms with Crippen molar-refractivity contribution in [1.29, 1.82) is 0 Å². The van der Waals surface area contributed by atoms with Gasteiger partial charge < -0.3 is 10.2 Å². The van der Waals surface area contributed by atoms with Gasteiger partial charge in [0, 0.05) is 11.0 Å². The molecule has 0 aliphatic heterocycles. The minimum Gasteiger partial charge on any atom is -0.508 e. The van der Waals surface area contributed by atoms with Crippen LogP contribution in [0.15, 0.2) is 66.7 Å². The Morgan fingerprint density at radius 1 is 1.07 bits per heavy atom. The maximum atomic E-state index is 11.1. The number of aromatic hydroxyl groups is 1. The summed E-state index contributed by atoms with van der Waals surface area (Å²) in [5.74, 6) is -0.00136. The number of carboxylic acid groups (broad SMARTS) is 1. The summed E-state index contributed by atoms with van der Waals surface area (Å²) >= 11 is 0. The molecule has 0 bridgehead atoms. The normalized spacial score (nSPS) is 21.7. The Balaban J connectivity index is 1.80. The first-order valence-electron chi connectivity index (χ1n) is 10.6. The molecule has 3 aromatic rings. The zero-order valence-electron chi connectivity index (χ0n) is 17.6. The van der Waals surface area contributed by atoms with Gasteiger partial charge in [-0.3, -0.25) is 0 Å². The second-order valence-electron chi connectivity index (χ2n) is 8.89. The second-order valence-corrected chi connectivity index (χ2v) is 8.89. The van der Waals surface area contributed by atoms with Crippen molar-refractivity contribution in [3.8, 4) is 16.9 Å². The molecule has 0 heterocycles. The zero-order valence-corrected chi connectivity index (χ0v) is 17.6. The molecule has 1 fully saturated rings. The van der Waals surface area contributed by atoms with Crippen molar-refractivity contribution in [3.05, 3.63) is 77.9 Å². The predicted octanol–water partition coefficient (Wildman–Crippen LogP) is 6.93. The third-order valence-electron chi connectivity index (χ3n) is 6.63. The maximum absolute atomic E-state index is 11.1. The van der Waals surface area contributed by atoms with E-state index in [1.54, 1.807) is 12.1 Å². The van der Waals surface area contributed by atoms with Gasteiger partial charge in [-0.1, -0.05) is 50.3 Å². The highest BCUT2D eigenvalue weighted by molar-refractivity contribution is 5.91. The first-order chi connectivity index (χ1) is 14.3. The van der Waals surface area contributed by atoms with E-state index in [0.29, 0.717) is 11.7 Å². The van der Waals surface area contributed by atoms with Gasteiger partial charge in [-0.15, -0.1) is 0 Å². The fourth-order valence-electron chi connectivity index (χ4n) is 5.22. The number of carboxylic acids is 1. The second kappa shape index (κ2) is 7.64. The summed E-state index contributed by atoms with van der Waals surface area (Å²) in [6.45, 7) is 8.75. The molecule has 0 saturated heterocycles. The summed E-state index contributed by atoms with van der Waals surface area (Å²) in [5.41, 5.74) is 4.49. The summed E-state index contributed by atoms with van der Waals surface area (Å²) < 4.78 is 0. The molecule has 154 valence electrons. The van der Waals surface area contributed by atoms with Crippen LogP contribution in [-0.2, 0) is 5.41 Å². The smallest absolute Gasteiger partial charge is 0.335 e. The fraction of sp³-hybridized carbons (Fsp3) is 0.296. The lowest BCUT2D eigenvalue weighted by molar-refractivity contribution is 0.0697. The average molecular weight is 401 g/mol. The number of carbonyl (C=O) groups is 1. The largest absolute Gasteiger partial charge is 0.508 e. The summed E-state index contributed by atoms with van der Waals surface area (Å²) in [6, 6.07) is 17.1. The Labute approximate surface area is 177 Å². The molecule has 0 spiro atoms. The van der Waals surface area contributed by atoms with E-state index in [1.165, 1.54) is 5.57 Å². The van der Waals surface area contributed by atoms with Gasteiger partial charge in [-0.25, -0.2) is 4.79 Å². The van der Waals surface area contributed by atoms with E-state index in [-0.39, 0.29) is 11.0 Å². The van der Waals surface area contributed by atoms with Crippen LogP contribution >= 0.6 is 0 Å². The average Bonchev–Trinajstić information content (AvgIpc) is 2.72. The van der Waals surface area contributed by atoms with Crippen molar-refractivity contribution in [2.75, 3.05) is 0 Å². The van der Waals surface area contributed by atoms with Crippen LogP contribution in [0.2, 0.25) is 0 Å². The standard InChI is InChI=1S/C27H28O3/c1-4-27(15-17(2)11-18(3)16-27)24-13-23-12-21(9-10-22(23)14-25(24)28)19-5-7-20(8-6-19)26(29)30/h5-10,12-14,18,28H,2,4,11,15-16H2,1,3H3,(H,29,30). The van der Waals surface area contributed by atoms with E-state index in [4.69, 9.17) is 5.11 Å². The molecule has 2 N–H and O–H groups in total. The molecule has 2 unspecified atom stereocenters. The minimum absolute atomic E-state index is 0.0772. The molecular formula is C27H28O3. The fourth-order valence-corrected chi connectivity index (χ4v) is 5.22. The Kier molecular flexibility index (Phi) is 5.15. The van der Waals surface area contributed by atoms with E-state index in [2.05, 4.69) is 32.6 Å². The first kappa shape index (κ1) is 20.2. The monoisotopic (exact) mass is 400 g/mol. The van der Waals surface area contributed by atoms with Gasteiger partial charge in [0.1, 0.15) is 5.75 Å². The molecule has 0 radical (unpaired) electrons. The highest BCUT2D eigenvalue weighted by Gasteiger charge is 2.38. The van der Waals surface area contributed by atoms with Crippen LogP contribution in [0.25, 0.3) is 21.9 Å². The summed E-state index contributed by atoms with van der Waals surface area (Å²) in [5, 5.41) is 22.1. The number of aromatic carboxylic acids is 1. The lowest BCUT2D eigenvalue weighted by atomic mass is 9.63. The minimum atomic E-state index is -0.923. The van der Waals surface area contributed by atoms with E-state index < -0.39 is 5.97 Å². The van der Waals surface area contributed by atoms with Gasteiger partial charge in [0.15, 0.2) is 0 Å². The highest BCUT2D eigenvalue weighted by Crippen LogP contribution is 2.49. The molecule has 0 aromatic heterocycles. The zero-order chi connectivity index (χ0) is 21.5. The summed E-state index contributed by atoms with van der Waals surface area (Å²) in [4.78, 5) is 11.1. The molecule has 4 rings (SSSR count). The van der Waals surface area contributed by atoms with Crippen molar-refractivity contribution in [2.24, 2.45) is 5.92 Å². The number of allylic oxidation sites excluding steroid dienone is 1. The SMILES string of the molecule is C=C1CC(C)CC(CC)(c2cc3cc(-c4ccc(C(=O)O)cc4)ccc3cc2O)C1. The van der Waals surface area contributed by atoms with Crippen molar-refractivity contribution in [2.45, 2.75) is 44.9 Å². The first-order valence-corrected chi connectivity index (χ1v) is 10.6. The lowest BCUT2D eigenvalue weighted by Crippen LogP contribution is -2.32. The Morgan fingerprint density at radius 2 is 1.77 bits per heavy atom. The summed E-state index contributed by atoms with van der Waals surface area (Å²) in [6.07, 6.45) is 4.00. The van der Waals surface area contributed by atoms with Crippen LogP contribution in [0.5, 0.6) is 5.75 Å². The van der Waals surface area contributed by atoms with E-state index in [1.807, 2.05) is 30.3 Å². The Bertz CT molecular complexity index is 1130. The van der Waals surface area contributed by atoms with Crippen LogP contribution in [0.1, 0.15) is 55.5 Å². The highest BCUT2D eigenvalue weighted by atomic mass is 16.4. The van der Waals surface area contributed by atoms with E-state index >= 15 is 0 Å². The van der Waals surface area contributed by atoms with Crippen LogP contribution in [0.3, 0.4) is 0 Å². The summed E-state index contributed by atoms with van der Waals surface area (Å²) in [7, 11) is 0. The van der Waals surface area contributed by atoms with Crippen molar-refractivity contribution in [1.82, 2.24) is 0 Å². The number of phenols is 1. The maximum Gasteiger partial charge on any atom is 0.335 e. The van der Waals surface area contributed by atoms with Crippen LogP contribution in [0, 0.1) is 5.92 Å². The number of fused-ring (bicyclic) bond motifs is 1. The van der Waals surface area contributed by atoms with Gasteiger partial charge in [0.05, 0.1) is 5.56 Å². The van der Waals surface area contributed by atoms with Crippen molar-refractivity contribution >= 4 is 16.7 Å². The Hall–Kier alpha value is -3.07. The van der Waals surface area contributed by atoms with Crippen molar-refractivity contribution in [3.63, 3.8) is 0 Å². The van der Waals surface area contributed by atoms with Gasteiger partial charge in [-0.05, 0) is 83.8 Å². The molecule has 3 aromatic carbocycles.